The van der Waals surface area contributed by atoms with Crippen molar-refractivity contribution in [2.75, 3.05) is 26.7 Å². The number of nitrogens with one attached hydrogen (secondary N) is 1. The number of benzene rings is 1. The van der Waals surface area contributed by atoms with Gasteiger partial charge in [-0.25, -0.2) is 0 Å². The number of aliphatic hydroxyl groups is 1. The van der Waals surface area contributed by atoms with Crippen molar-refractivity contribution in [1.29, 1.82) is 0 Å². The number of hydrogen-bond donors (Lipinski definition) is 2. The van der Waals surface area contributed by atoms with Gasteiger partial charge >= 0.3 is 0 Å². The highest BCUT2D eigenvalue weighted by atomic mass is 16.3. The van der Waals surface area contributed by atoms with Gasteiger partial charge in [0.2, 0.25) is 0 Å². The van der Waals surface area contributed by atoms with E-state index in [1.807, 2.05) is 18.2 Å². The lowest BCUT2D eigenvalue weighted by Crippen LogP contribution is -2.54. The van der Waals surface area contributed by atoms with Crippen LogP contribution in [-0.2, 0) is 5.54 Å². The van der Waals surface area contributed by atoms with Crippen LogP contribution >= 0.6 is 0 Å². The van der Waals surface area contributed by atoms with Crippen molar-refractivity contribution < 1.29 is 5.11 Å². The summed E-state index contributed by atoms with van der Waals surface area (Å²) in [5.74, 6) is 0. The summed E-state index contributed by atoms with van der Waals surface area (Å²) in [7, 11) is 2.15. The van der Waals surface area contributed by atoms with Gasteiger partial charge in [0.05, 0.1) is 12.1 Å². The van der Waals surface area contributed by atoms with Gasteiger partial charge in [0.15, 0.2) is 0 Å². The summed E-state index contributed by atoms with van der Waals surface area (Å²) in [6.07, 6.45) is 3.43. The van der Waals surface area contributed by atoms with Gasteiger partial charge in [-0.2, -0.15) is 0 Å². The zero-order valence-corrected chi connectivity index (χ0v) is 14.1. The predicted molar refractivity (Wildman–Crippen MR) is 90.5 cm³/mol. The van der Waals surface area contributed by atoms with Crippen molar-refractivity contribution in [3.8, 4) is 0 Å². The third-order valence-electron chi connectivity index (χ3n) is 4.29. The molecule has 0 aliphatic carbocycles. The van der Waals surface area contributed by atoms with Crippen LogP contribution in [0.1, 0.15) is 45.6 Å². The van der Waals surface area contributed by atoms with E-state index in [1.54, 1.807) is 0 Å². The molecular formula is C18H32N2O. The maximum atomic E-state index is 10.1. The number of aliphatic hydroxyl groups excluding tert-OH is 1. The summed E-state index contributed by atoms with van der Waals surface area (Å²) >= 11 is 0. The summed E-state index contributed by atoms with van der Waals surface area (Å²) in [6, 6.07) is 10.8. The minimum Gasteiger partial charge on any atom is -0.394 e. The molecule has 1 aromatic carbocycles. The highest BCUT2D eigenvalue weighted by molar-refractivity contribution is 5.25. The Balaban J connectivity index is 2.95. The molecular weight excluding hydrogens is 260 g/mol. The van der Waals surface area contributed by atoms with Gasteiger partial charge < -0.3 is 15.3 Å². The molecule has 1 rings (SSSR count). The van der Waals surface area contributed by atoms with Crippen LogP contribution in [0.4, 0.5) is 0 Å². The Morgan fingerprint density at radius 1 is 1.19 bits per heavy atom. The smallest absolute Gasteiger partial charge is 0.0797 e. The number of rotatable bonds is 10. The van der Waals surface area contributed by atoms with E-state index >= 15 is 0 Å². The molecule has 0 amide bonds. The second kappa shape index (κ2) is 9.19. The molecule has 0 aliphatic rings. The van der Waals surface area contributed by atoms with E-state index in [4.69, 9.17) is 0 Å². The molecule has 0 spiro atoms. The first kappa shape index (κ1) is 18.1. The Labute approximate surface area is 130 Å². The third-order valence-corrected chi connectivity index (χ3v) is 4.29. The van der Waals surface area contributed by atoms with Crippen LogP contribution in [-0.4, -0.2) is 42.8 Å². The molecule has 0 fully saturated rings. The predicted octanol–water partition coefficient (Wildman–Crippen LogP) is 2.99. The molecule has 2 N–H and O–H groups in total. The van der Waals surface area contributed by atoms with E-state index in [0.717, 1.165) is 25.1 Å². The monoisotopic (exact) mass is 292 g/mol. The standard InChI is InChI=1S/C18H32N2O/c1-5-10-16(3)20(4)14-18(15-21,19-13-6-2)17-11-8-7-9-12-17/h7-9,11-12,16,19,21H,5-6,10,13-15H2,1-4H3. The molecule has 0 aromatic heterocycles. The van der Waals surface area contributed by atoms with Gasteiger partial charge in [0.25, 0.3) is 0 Å². The molecule has 0 saturated heterocycles. The first-order chi connectivity index (χ1) is 10.1. The number of nitrogens with zero attached hydrogens (tertiary/aromatic N) is 1. The van der Waals surface area contributed by atoms with Crippen LogP contribution in [0.5, 0.6) is 0 Å². The summed E-state index contributed by atoms with van der Waals surface area (Å²) in [6.45, 7) is 8.47. The van der Waals surface area contributed by atoms with Crippen LogP contribution in [0.2, 0.25) is 0 Å². The molecule has 21 heavy (non-hydrogen) atoms. The average molecular weight is 292 g/mol. The Hall–Kier alpha value is -0.900. The zero-order valence-electron chi connectivity index (χ0n) is 14.1. The molecule has 0 bridgehead atoms. The lowest BCUT2D eigenvalue weighted by atomic mass is 9.89. The van der Waals surface area contributed by atoms with Crippen molar-refractivity contribution in [3.63, 3.8) is 0 Å². The fraction of sp³-hybridized carbons (Fsp3) is 0.667. The largest absolute Gasteiger partial charge is 0.394 e. The van der Waals surface area contributed by atoms with E-state index in [2.05, 4.69) is 50.2 Å². The summed E-state index contributed by atoms with van der Waals surface area (Å²) in [5, 5.41) is 13.7. The lowest BCUT2D eigenvalue weighted by molar-refractivity contribution is 0.0996. The molecule has 2 unspecified atom stereocenters. The minimum atomic E-state index is -0.381. The van der Waals surface area contributed by atoms with E-state index in [-0.39, 0.29) is 12.1 Å². The zero-order chi connectivity index (χ0) is 15.7. The van der Waals surface area contributed by atoms with Crippen LogP contribution in [0.15, 0.2) is 30.3 Å². The maximum absolute atomic E-state index is 10.1. The second-order valence-corrected chi connectivity index (χ2v) is 6.09. The Kier molecular flexibility index (Phi) is 7.94. The molecule has 3 heteroatoms. The van der Waals surface area contributed by atoms with E-state index in [0.29, 0.717) is 6.04 Å². The van der Waals surface area contributed by atoms with Crippen molar-refractivity contribution in [3.05, 3.63) is 35.9 Å². The summed E-state index contributed by atoms with van der Waals surface area (Å²) in [4.78, 5) is 2.36. The topological polar surface area (TPSA) is 35.5 Å². The maximum Gasteiger partial charge on any atom is 0.0797 e. The first-order valence-electron chi connectivity index (χ1n) is 8.21. The van der Waals surface area contributed by atoms with Gasteiger partial charge in [-0.05, 0) is 38.9 Å². The molecule has 3 nitrogen and oxygen atoms in total. The quantitative estimate of drug-likeness (QED) is 0.696. The van der Waals surface area contributed by atoms with Gasteiger partial charge in [-0.3, -0.25) is 0 Å². The highest BCUT2D eigenvalue weighted by Crippen LogP contribution is 2.23. The second-order valence-electron chi connectivity index (χ2n) is 6.09. The van der Waals surface area contributed by atoms with Crippen molar-refractivity contribution in [2.45, 2.75) is 51.6 Å². The van der Waals surface area contributed by atoms with Crippen LogP contribution in [0.3, 0.4) is 0 Å². The number of hydrogen-bond acceptors (Lipinski definition) is 3. The normalized spacial score (nSPS) is 15.9. The van der Waals surface area contributed by atoms with Crippen molar-refractivity contribution >= 4 is 0 Å². The highest BCUT2D eigenvalue weighted by Gasteiger charge is 2.33. The van der Waals surface area contributed by atoms with E-state index in [1.165, 1.54) is 12.8 Å². The third kappa shape index (κ3) is 5.10. The first-order valence-corrected chi connectivity index (χ1v) is 8.21. The lowest BCUT2D eigenvalue weighted by Gasteiger charge is -2.39. The Morgan fingerprint density at radius 2 is 1.86 bits per heavy atom. The molecule has 0 saturated carbocycles. The SMILES string of the molecule is CCCNC(CO)(CN(C)C(C)CCC)c1ccccc1. The fourth-order valence-electron chi connectivity index (χ4n) is 2.79. The van der Waals surface area contributed by atoms with Crippen LogP contribution in [0.25, 0.3) is 0 Å². The summed E-state index contributed by atoms with van der Waals surface area (Å²) in [5.41, 5.74) is 0.782. The van der Waals surface area contributed by atoms with Crippen molar-refractivity contribution in [2.24, 2.45) is 0 Å². The number of likely N-dealkylation sites (N-methyl/N-ethyl adjacent to an activating group) is 1. The molecule has 2 atom stereocenters. The van der Waals surface area contributed by atoms with E-state index < -0.39 is 0 Å². The molecule has 120 valence electrons. The van der Waals surface area contributed by atoms with Crippen molar-refractivity contribution in [1.82, 2.24) is 10.2 Å². The van der Waals surface area contributed by atoms with E-state index in [9.17, 15) is 5.11 Å². The van der Waals surface area contributed by atoms with Gasteiger partial charge in [-0.1, -0.05) is 50.6 Å². The Morgan fingerprint density at radius 3 is 2.38 bits per heavy atom. The molecule has 0 aliphatic heterocycles. The minimum absolute atomic E-state index is 0.111. The van der Waals surface area contributed by atoms with Gasteiger partial charge in [0, 0.05) is 12.6 Å². The summed E-state index contributed by atoms with van der Waals surface area (Å²) < 4.78 is 0. The molecule has 1 aromatic rings. The van der Waals surface area contributed by atoms with Gasteiger partial charge in [0.1, 0.15) is 0 Å². The Bertz CT molecular complexity index is 382. The molecule has 0 heterocycles. The van der Waals surface area contributed by atoms with Crippen LogP contribution in [0, 0.1) is 0 Å². The van der Waals surface area contributed by atoms with Gasteiger partial charge in [-0.15, -0.1) is 0 Å². The molecule has 0 radical (unpaired) electrons. The fourth-order valence-corrected chi connectivity index (χ4v) is 2.79. The average Bonchev–Trinajstić information content (AvgIpc) is 2.52. The van der Waals surface area contributed by atoms with Crippen LogP contribution < -0.4 is 5.32 Å².